The summed E-state index contributed by atoms with van der Waals surface area (Å²) in [6, 6.07) is -0.452. The van der Waals surface area contributed by atoms with Gasteiger partial charge in [-0.3, -0.25) is 0 Å². The minimum atomic E-state index is -4.70. The lowest BCUT2D eigenvalue weighted by Gasteiger charge is -2.17. The Bertz CT molecular complexity index is 439. The third-order valence-corrected chi connectivity index (χ3v) is 2.72. The van der Waals surface area contributed by atoms with Crippen molar-refractivity contribution < 1.29 is 22.7 Å². The molecule has 0 saturated heterocycles. The van der Waals surface area contributed by atoms with Gasteiger partial charge in [0.15, 0.2) is 5.69 Å². The molecule has 0 aliphatic rings. The van der Waals surface area contributed by atoms with Crippen LogP contribution in [0.15, 0.2) is 0 Å². The van der Waals surface area contributed by atoms with E-state index < -0.39 is 29.6 Å². The highest BCUT2D eigenvalue weighted by Gasteiger charge is 2.43. The van der Waals surface area contributed by atoms with Gasteiger partial charge in [-0.2, -0.15) is 13.2 Å². The summed E-state index contributed by atoms with van der Waals surface area (Å²) in [5.41, 5.74) is -1.92. The van der Waals surface area contributed by atoms with Gasteiger partial charge >= 0.3 is 12.1 Å². The van der Waals surface area contributed by atoms with Crippen molar-refractivity contribution in [1.29, 1.82) is 0 Å². The highest BCUT2D eigenvalue weighted by molar-refractivity contribution is 5.88. The monoisotopic (exact) mass is 279 g/mol. The Kier molecular flexibility index (Phi) is 4.90. The molecular formula is C11H16F3N3O2. The molecule has 8 heteroatoms. The molecule has 0 aliphatic heterocycles. The summed E-state index contributed by atoms with van der Waals surface area (Å²) in [6.45, 7) is 4.99. The van der Waals surface area contributed by atoms with Gasteiger partial charge < -0.3 is 4.74 Å². The molecule has 1 aromatic heterocycles. The van der Waals surface area contributed by atoms with Gasteiger partial charge in [-0.1, -0.05) is 19.1 Å². The van der Waals surface area contributed by atoms with Crippen LogP contribution in [0, 0.1) is 0 Å². The average Bonchev–Trinajstić information content (AvgIpc) is 2.75. The van der Waals surface area contributed by atoms with E-state index in [0.29, 0.717) is 12.8 Å². The van der Waals surface area contributed by atoms with E-state index in [9.17, 15) is 18.0 Å². The number of ether oxygens (including phenoxy) is 1. The van der Waals surface area contributed by atoms with Crippen molar-refractivity contribution in [2.45, 2.75) is 45.8 Å². The van der Waals surface area contributed by atoms with Crippen molar-refractivity contribution in [1.82, 2.24) is 15.0 Å². The normalized spacial score (nSPS) is 11.9. The maximum absolute atomic E-state index is 13.1. The molecule has 0 atom stereocenters. The smallest absolute Gasteiger partial charge is 0.435 e. The first-order chi connectivity index (χ1) is 8.86. The van der Waals surface area contributed by atoms with E-state index in [2.05, 4.69) is 15.0 Å². The van der Waals surface area contributed by atoms with Gasteiger partial charge in [0, 0.05) is 0 Å². The van der Waals surface area contributed by atoms with E-state index in [4.69, 9.17) is 0 Å². The van der Waals surface area contributed by atoms with Gasteiger partial charge in [0.1, 0.15) is 0 Å². The largest absolute Gasteiger partial charge is 0.461 e. The van der Waals surface area contributed by atoms with Gasteiger partial charge in [-0.15, -0.1) is 5.10 Å². The molecular weight excluding hydrogens is 263 g/mol. The van der Waals surface area contributed by atoms with E-state index in [1.807, 2.05) is 0 Å². The van der Waals surface area contributed by atoms with E-state index in [1.165, 1.54) is 6.92 Å². The molecule has 0 saturated carbocycles. The van der Waals surface area contributed by atoms with Crippen molar-refractivity contribution in [2.24, 2.45) is 0 Å². The molecule has 0 radical (unpaired) electrons. The Labute approximate surface area is 108 Å². The fourth-order valence-electron chi connectivity index (χ4n) is 1.78. The number of aromatic nitrogens is 3. The predicted octanol–water partition coefficient (Wildman–Crippen LogP) is 2.83. The standard InChI is InChI=1S/C11H16F3N3O2/c1-4-7(5-2)17-9(11(12,13)14)8(15-16-17)10(18)19-6-3/h7H,4-6H2,1-3H3. The highest BCUT2D eigenvalue weighted by atomic mass is 19.4. The van der Waals surface area contributed by atoms with Crippen LogP contribution in [-0.4, -0.2) is 27.6 Å². The zero-order valence-electron chi connectivity index (χ0n) is 11.0. The van der Waals surface area contributed by atoms with Gasteiger partial charge in [-0.25, -0.2) is 9.48 Å². The van der Waals surface area contributed by atoms with Crippen LogP contribution in [0.1, 0.15) is 55.8 Å². The van der Waals surface area contributed by atoms with Crippen LogP contribution in [0.3, 0.4) is 0 Å². The van der Waals surface area contributed by atoms with Gasteiger partial charge in [0.05, 0.1) is 12.6 Å². The van der Waals surface area contributed by atoms with Crippen LogP contribution < -0.4 is 0 Å². The van der Waals surface area contributed by atoms with Crippen molar-refractivity contribution in [3.63, 3.8) is 0 Å². The van der Waals surface area contributed by atoms with E-state index in [0.717, 1.165) is 4.68 Å². The number of esters is 1. The fourth-order valence-corrected chi connectivity index (χ4v) is 1.78. The molecule has 0 aliphatic carbocycles. The lowest BCUT2D eigenvalue weighted by molar-refractivity contribution is -0.145. The Balaban J connectivity index is 3.31. The number of hydrogen-bond donors (Lipinski definition) is 0. The first-order valence-corrected chi connectivity index (χ1v) is 6.06. The van der Waals surface area contributed by atoms with Gasteiger partial charge in [0.2, 0.25) is 5.69 Å². The van der Waals surface area contributed by atoms with Crippen molar-refractivity contribution in [3.05, 3.63) is 11.4 Å². The number of carbonyl (C=O) groups is 1. The third kappa shape index (κ3) is 3.24. The lowest BCUT2D eigenvalue weighted by atomic mass is 10.1. The SMILES string of the molecule is CCOC(=O)c1nnn(C(CC)CC)c1C(F)(F)F. The van der Waals surface area contributed by atoms with Crippen molar-refractivity contribution >= 4 is 5.97 Å². The number of hydrogen-bond acceptors (Lipinski definition) is 4. The Morgan fingerprint density at radius 3 is 2.32 bits per heavy atom. The van der Waals surface area contributed by atoms with E-state index in [1.54, 1.807) is 13.8 Å². The van der Waals surface area contributed by atoms with Gasteiger partial charge in [0.25, 0.3) is 0 Å². The molecule has 1 heterocycles. The molecule has 5 nitrogen and oxygen atoms in total. The number of alkyl halides is 3. The zero-order valence-corrected chi connectivity index (χ0v) is 11.0. The molecule has 0 N–H and O–H groups in total. The summed E-state index contributed by atoms with van der Waals surface area (Å²) >= 11 is 0. The second-order valence-electron chi connectivity index (χ2n) is 3.92. The highest BCUT2D eigenvalue weighted by Crippen LogP contribution is 2.34. The number of carbonyl (C=O) groups excluding carboxylic acids is 1. The molecule has 0 amide bonds. The van der Waals surface area contributed by atoms with Gasteiger partial charge in [-0.05, 0) is 19.8 Å². The predicted molar refractivity (Wildman–Crippen MR) is 60.6 cm³/mol. The third-order valence-electron chi connectivity index (χ3n) is 2.72. The summed E-state index contributed by atoms with van der Waals surface area (Å²) in [5.74, 6) is -1.10. The summed E-state index contributed by atoms with van der Waals surface area (Å²) in [4.78, 5) is 11.5. The van der Waals surface area contributed by atoms with Crippen LogP contribution in [0.25, 0.3) is 0 Å². The van der Waals surface area contributed by atoms with Crippen LogP contribution >= 0.6 is 0 Å². The average molecular weight is 279 g/mol. The maximum atomic E-state index is 13.1. The molecule has 19 heavy (non-hydrogen) atoms. The summed E-state index contributed by atoms with van der Waals surface area (Å²) < 4.78 is 44.5. The van der Waals surface area contributed by atoms with E-state index in [-0.39, 0.29) is 6.61 Å². The first kappa shape index (κ1) is 15.5. The number of rotatable bonds is 5. The Morgan fingerprint density at radius 2 is 1.89 bits per heavy atom. The Hall–Kier alpha value is -1.60. The second kappa shape index (κ2) is 6.03. The van der Waals surface area contributed by atoms with Crippen molar-refractivity contribution in [2.75, 3.05) is 6.61 Å². The Morgan fingerprint density at radius 1 is 1.32 bits per heavy atom. The molecule has 0 spiro atoms. The van der Waals surface area contributed by atoms with Crippen LogP contribution in [0.2, 0.25) is 0 Å². The minimum absolute atomic E-state index is 0.0199. The van der Waals surface area contributed by atoms with E-state index >= 15 is 0 Å². The topological polar surface area (TPSA) is 57.0 Å². The molecule has 1 rings (SSSR count). The molecule has 0 aromatic carbocycles. The molecule has 108 valence electrons. The quantitative estimate of drug-likeness (QED) is 0.778. The lowest BCUT2D eigenvalue weighted by Crippen LogP contribution is -2.22. The molecule has 0 unspecified atom stereocenters. The maximum Gasteiger partial charge on any atom is 0.435 e. The van der Waals surface area contributed by atoms with Crippen LogP contribution in [0.4, 0.5) is 13.2 Å². The molecule has 0 fully saturated rings. The molecule has 1 aromatic rings. The number of nitrogens with zero attached hydrogens (tertiary/aromatic N) is 3. The first-order valence-electron chi connectivity index (χ1n) is 6.06. The summed E-state index contributed by atoms with van der Waals surface area (Å²) in [7, 11) is 0. The minimum Gasteiger partial charge on any atom is -0.461 e. The zero-order chi connectivity index (χ0) is 14.6. The summed E-state index contributed by atoms with van der Waals surface area (Å²) in [5, 5.41) is 6.81. The second-order valence-corrected chi connectivity index (χ2v) is 3.92. The summed E-state index contributed by atoms with van der Waals surface area (Å²) in [6.07, 6.45) is -3.77. The van der Waals surface area contributed by atoms with Crippen molar-refractivity contribution in [3.8, 4) is 0 Å². The molecule has 0 bridgehead atoms. The number of halogens is 3. The van der Waals surface area contributed by atoms with Crippen LogP contribution in [0.5, 0.6) is 0 Å². The fraction of sp³-hybridized carbons (Fsp3) is 0.727. The van der Waals surface area contributed by atoms with Crippen LogP contribution in [-0.2, 0) is 10.9 Å².